The third kappa shape index (κ3) is 3.23. The van der Waals surface area contributed by atoms with E-state index in [1.165, 1.54) is 0 Å². The molecule has 0 bridgehead atoms. The molecule has 0 amide bonds. The maximum absolute atomic E-state index is 9.13. The minimum Gasteiger partial charge on any atom is -0.497 e. The number of aliphatic hydroxyl groups is 1. The summed E-state index contributed by atoms with van der Waals surface area (Å²) in [6.45, 7) is 4.62. The molecule has 7 nitrogen and oxygen atoms in total. The van der Waals surface area contributed by atoms with Gasteiger partial charge in [0.05, 0.1) is 25.6 Å². The second-order valence-electron chi connectivity index (χ2n) is 6.38. The molecule has 3 heterocycles. The quantitative estimate of drug-likeness (QED) is 0.750. The Morgan fingerprint density at radius 1 is 1.08 bits per heavy atom. The number of methoxy groups -OCH3 is 1. The fourth-order valence-corrected chi connectivity index (χ4v) is 3.37. The van der Waals surface area contributed by atoms with Crippen LogP contribution >= 0.6 is 0 Å². The maximum atomic E-state index is 9.13. The molecule has 1 aliphatic rings. The number of fused-ring (bicyclic) bond motifs is 1. The van der Waals surface area contributed by atoms with E-state index in [1.807, 2.05) is 34.8 Å². The van der Waals surface area contributed by atoms with Gasteiger partial charge in [-0.25, -0.2) is 4.98 Å². The van der Waals surface area contributed by atoms with Crippen molar-refractivity contribution >= 4 is 11.5 Å². The van der Waals surface area contributed by atoms with Gasteiger partial charge in [0.1, 0.15) is 11.6 Å². The highest BCUT2D eigenvalue weighted by Gasteiger charge is 2.20. The van der Waals surface area contributed by atoms with Crippen molar-refractivity contribution in [1.29, 1.82) is 0 Å². The molecule has 1 saturated heterocycles. The number of aliphatic hydroxyl groups excluding tert-OH is 1. The second-order valence-corrected chi connectivity index (χ2v) is 6.38. The number of nitrogens with zero attached hydrogens (tertiary/aromatic N) is 5. The van der Waals surface area contributed by atoms with Crippen molar-refractivity contribution in [3.8, 4) is 17.0 Å². The van der Waals surface area contributed by atoms with Crippen LogP contribution in [0.2, 0.25) is 0 Å². The highest BCUT2D eigenvalue weighted by molar-refractivity contribution is 5.67. The number of β-amino-alcohol motifs (C(OH)–C–C–N with tert-alkyl or cyclic N) is 1. The van der Waals surface area contributed by atoms with E-state index in [0.717, 1.165) is 61.2 Å². The molecule has 1 aliphatic heterocycles. The van der Waals surface area contributed by atoms with Crippen LogP contribution in [0.5, 0.6) is 5.75 Å². The molecular weight excluding hydrogens is 330 g/mol. The molecule has 2 aromatic heterocycles. The summed E-state index contributed by atoms with van der Waals surface area (Å²) in [6, 6.07) is 12.0. The lowest BCUT2D eigenvalue weighted by Crippen LogP contribution is -2.47. The zero-order valence-corrected chi connectivity index (χ0v) is 14.9. The van der Waals surface area contributed by atoms with Gasteiger partial charge in [-0.15, -0.1) is 0 Å². The predicted molar refractivity (Wildman–Crippen MR) is 101 cm³/mol. The number of anilines is 1. The molecule has 0 radical (unpaired) electrons. The molecule has 0 unspecified atom stereocenters. The highest BCUT2D eigenvalue weighted by atomic mass is 16.5. The molecule has 0 saturated carbocycles. The fourth-order valence-electron chi connectivity index (χ4n) is 3.37. The van der Waals surface area contributed by atoms with Crippen LogP contribution in [0.1, 0.15) is 0 Å². The Kier molecular flexibility index (Phi) is 4.73. The Morgan fingerprint density at radius 3 is 2.54 bits per heavy atom. The predicted octanol–water partition coefficient (Wildman–Crippen LogP) is 1.52. The van der Waals surface area contributed by atoms with Crippen LogP contribution in [0.15, 0.2) is 42.6 Å². The van der Waals surface area contributed by atoms with Gasteiger partial charge >= 0.3 is 0 Å². The first-order valence-corrected chi connectivity index (χ1v) is 8.86. The first-order chi connectivity index (χ1) is 12.8. The van der Waals surface area contributed by atoms with Crippen LogP contribution in [0, 0.1) is 0 Å². The van der Waals surface area contributed by atoms with Gasteiger partial charge in [0, 0.05) is 50.4 Å². The molecule has 1 N–H and O–H groups in total. The van der Waals surface area contributed by atoms with Crippen molar-refractivity contribution in [2.24, 2.45) is 0 Å². The summed E-state index contributed by atoms with van der Waals surface area (Å²) in [5.41, 5.74) is 2.81. The van der Waals surface area contributed by atoms with E-state index in [-0.39, 0.29) is 6.61 Å². The van der Waals surface area contributed by atoms with Crippen molar-refractivity contribution in [3.63, 3.8) is 0 Å². The average Bonchev–Trinajstić information content (AvgIpc) is 3.17. The Bertz CT molecular complexity index is 869. The Labute approximate surface area is 152 Å². The SMILES string of the molecule is COc1ccc(-c2cc(N3CCN(CCO)CC3)n3nccc3n2)cc1. The van der Waals surface area contributed by atoms with Crippen molar-refractivity contribution in [2.75, 3.05) is 51.3 Å². The first-order valence-electron chi connectivity index (χ1n) is 8.86. The molecule has 4 rings (SSSR count). The van der Waals surface area contributed by atoms with E-state index in [4.69, 9.17) is 14.8 Å². The van der Waals surface area contributed by atoms with Gasteiger partial charge < -0.3 is 14.7 Å². The Hall–Kier alpha value is -2.64. The molecule has 26 heavy (non-hydrogen) atoms. The molecule has 3 aromatic rings. The van der Waals surface area contributed by atoms with E-state index in [9.17, 15) is 0 Å². The van der Waals surface area contributed by atoms with Crippen LogP contribution in [-0.2, 0) is 0 Å². The molecule has 136 valence electrons. The molecule has 1 fully saturated rings. The molecule has 1 aromatic carbocycles. The topological polar surface area (TPSA) is 66.1 Å². The lowest BCUT2D eigenvalue weighted by atomic mass is 10.1. The Balaban J connectivity index is 1.67. The summed E-state index contributed by atoms with van der Waals surface area (Å²) in [6.07, 6.45) is 1.78. The van der Waals surface area contributed by atoms with Crippen LogP contribution in [-0.4, -0.2) is 71.0 Å². The van der Waals surface area contributed by atoms with Crippen LogP contribution in [0.25, 0.3) is 16.9 Å². The fraction of sp³-hybridized carbons (Fsp3) is 0.368. The number of aromatic nitrogens is 3. The van der Waals surface area contributed by atoms with Crippen LogP contribution < -0.4 is 9.64 Å². The third-order valence-electron chi connectivity index (χ3n) is 4.84. The standard InChI is InChI=1S/C19H23N5O2/c1-26-16-4-2-15(3-5-16)17-14-19(24-18(21-17)6-7-20-24)23-10-8-22(9-11-23)12-13-25/h2-7,14,25H,8-13H2,1H3. The number of hydrogen-bond acceptors (Lipinski definition) is 6. The van der Waals surface area contributed by atoms with Gasteiger partial charge in [-0.1, -0.05) is 0 Å². The van der Waals surface area contributed by atoms with E-state index in [1.54, 1.807) is 13.3 Å². The molecular formula is C19H23N5O2. The number of hydrogen-bond donors (Lipinski definition) is 1. The number of rotatable bonds is 5. The van der Waals surface area contributed by atoms with E-state index in [0.29, 0.717) is 0 Å². The number of ether oxygens (including phenoxy) is 1. The Morgan fingerprint density at radius 2 is 1.85 bits per heavy atom. The highest BCUT2D eigenvalue weighted by Crippen LogP contribution is 2.26. The summed E-state index contributed by atoms with van der Waals surface area (Å²) in [4.78, 5) is 9.37. The smallest absolute Gasteiger partial charge is 0.157 e. The number of piperazine rings is 1. The summed E-state index contributed by atoms with van der Waals surface area (Å²) in [7, 11) is 1.67. The van der Waals surface area contributed by atoms with Gasteiger partial charge in [-0.3, -0.25) is 4.90 Å². The first kappa shape index (κ1) is 16.8. The van der Waals surface area contributed by atoms with Gasteiger partial charge in [-0.2, -0.15) is 9.61 Å². The molecule has 0 spiro atoms. The maximum Gasteiger partial charge on any atom is 0.157 e. The third-order valence-corrected chi connectivity index (χ3v) is 4.84. The van der Waals surface area contributed by atoms with Crippen molar-refractivity contribution in [3.05, 3.63) is 42.6 Å². The lowest BCUT2D eigenvalue weighted by Gasteiger charge is -2.35. The number of benzene rings is 1. The largest absolute Gasteiger partial charge is 0.497 e. The summed E-state index contributed by atoms with van der Waals surface area (Å²) in [5, 5.41) is 13.6. The van der Waals surface area contributed by atoms with Crippen molar-refractivity contribution in [1.82, 2.24) is 19.5 Å². The molecule has 0 aliphatic carbocycles. The van der Waals surface area contributed by atoms with E-state index < -0.39 is 0 Å². The minimum atomic E-state index is 0.209. The van der Waals surface area contributed by atoms with E-state index in [2.05, 4.69) is 21.0 Å². The van der Waals surface area contributed by atoms with Gasteiger partial charge in [0.15, 0.2) is 5.65 Å². The van der Waals surface area contributed by atoms with Crippen molar-refractivity contribution in [2.45, 2.75) is 0 Å². The zero-order valence-electron chi connectivity index (χ0n) is 14.9. The van der Waals surface area contributed by atoms with Crippen molar-refractivity contribution < 1.29 is 9.84 Å². The zero-order chi connectivity index (χ0) is 17.9. The second kappa shape index (κ2) is 7.31. The van der Waals surface area contributed by atoms with Crippen LogP contribution in [0.3, 0.4) is 0 Å². The summed E-state index contributed by atoms with van der Waals surface area (Å²) in [5.74, 6) is 1.88. The normalized spacial score (nSPS) is 15.5. The summed E-state index contributed by atoms with van der Waals surface area (Å²) < 4.78 is 7.14. The summed E-state index contributed by atoms with van der Waals surface area (Å²) >= 11 is 0. The van der Waals surface area contributed by atoms with Gasteiger partial charge in [-0.05, 0) is 24.3 Å². The van der Waals surface area contributed by atoms with Crippen LogP contribution in [0.4, 0.5) is 5.82 Å². The minimum absolute atomic E-state index is 0.209. The average molecular weight is 353 g/mol. The molecule has 0 atom stereocenters. The van der Waals surface area contributed by atoms with E-state index >= 15 is 0 Å². The lowest BCUT2D eigenvalue weighted by molar-refractivity contribution is 0.188. The molecule has 7 heteroatoms. The monoisotopic (exact) mass is 353 g/mol. The van der Waals surface area contributed by atoms with Gasteiger partial charge in [0.25, 0.3) is 0 Å². The van der Waals surface area contributed by atoms with Gasteiger partial charge in [0.2, 0.25) is 0 Å².